The molecule has 0 spiro atoms. The lowest BCUT2D eigenvalue weighted by molar-refractivity contribution is -0.140. The zero-order valence-electron chi connectivity index (χ0n) is 14.5. The Morgan fingerprint density at radius 1 is 0.773 bits per heavy atom. The third kappa shape index (κ3) is 42.7. The highest BCUT2D eigenvalue weighted by Crippen LogP contribution is 1.78. The molecule has 0 aliphatic heterocycles. The van der Waals surface area contributed by atoms with Gasteiger partial charge in [0.25, 0.3) is 0 Å². The number of aliphatic hydroxyl groups excluding tert-OH is 2. The van der Waals surface area contributed by atoms with Crippen LogP contribution < -0.4 is 0 Å². The average Bonchev–Trinajstić information content (AvgIpc) is 2.51. The number of hydrogen-bond acceptors (Lipinski definition) is 7. The molecule has 0 saturated carbocycles. The highest BCUT2D eigenvalue weighted by atomic mass is 16.5. The van der Waals surface area contributed by atoms with E-state index in [9.17, 15) is 4.79 Å². The number of carbonyl (C=O) groups excluding carboxylic acids is 1. The summed E-state index contributed by atoms with van der Waals surface area (Å²) < 4.78 is 19.1. The molecule has 7 heteroatoms. The van der Waals surface area contributed by atoms with Crippen molar-refractivity contribution in [2.24, 2.45) is 0 Å². The van der Waals surface area contributed by atoms with Crippen molar-refractivity contribution >= 4 is 5.97 Å². The summed E-state index contributed by atoms with van der Waals surface area (Å²) >= 11 is 0. The van der Waals surface area contributed by atoms with Gasteiger partial charge in [-0.15, -0.1) is 0 Å². The Kier molecular flexibility index (Phi) is 33.8. The Morgan fingerprint density at radius 3 is 1.41 bits per heavy atom. The molecule has 7 nitrogen and oxygen atoms in total. The van der Waals surface area contributed by atoms with Crippen LogP contribution in [0, 0.1) is 0 Å². The van der Waals surface area contributed by atoms with Crippen molar-refractivity contribution in [1.29, 1.82) is 0 Å². The lowest BCUT2D eigenvalue weighted by atomic mass is 10.5. The lowest BCUT2D eigenvalue weighted by Gasteiger charge is -2.01. The molecule has 0 heterocycles. The van der Waals surface area contributed by atoms with Crippen LogP contribution in [0.5, 0.6) is 0 Å². The van der Waals surface area contributed by atoms with Gasteiger partial charge in [-0.25, -0.2) is 0 Å². The van der Waals surface area contributed by atoms with E-state index in [1.54, 1.807) is 0 Å². The number of ether oxygens (including phenoxy) is 4. The summed E-state index contributed by atoms with van der Waals surface area (Å²) in [5, 5.41) is 16.5. The fraction of sp³-hybridized carbons (Fsp3) is 0.933. The van der Waals surface area contributed by atoms with Crippen molar-refractivity contribution in [1.82, 2.24) is 0 Å². The Labute approximate surface area is 134 Å². The monoisotopic (exact) mass is 326 g/mol. The SMILES string of the molecule is CCCOC(C)=O.CCOCC.OCCOCCOCCO. The van der Waals surface area contributed by atoms with Gasteiger partial charge < -0.3 is 29.2 Å². The largest absolute Gasteiger partial charge is 0.466 e. The molecule has 0 rings (SSSR count). The molecule has 0 amide bonds. The van der Waals surface area contributed by atoms with Gasteiger partial charge in [0.15, 0.2) is 0 Å². The predicted molar refractivity (Wildman–Crippen MR) is 84.9 cm³/mol. The molecular formula is C15H34O7. The molecule has 0 fully saturated rings. The molecule has 0 atom stereocenters. The average molecular weight is 326 g/mol. The summed E-state index contributed by atoms with van der Waals surface area (Å²) in [7, 11) is 0. The van der Waals surface area contributed by atoms with Crippen LogP contribution in [0.3, 0.4) is 0 Å². The minimum absolute atomic E-state index is 0.0417. The Hall–Kier alpha value is -0.730. The molecular weight excluding hydrogens is 292 g/mol. The molecule has 2 N–H and O–H groups in total. The zero-order chi connectivity index (χ0) is 17.5. The van der Waals surface area contributed by atoms with E-state index in [1.807, 2.05) is 20.8 Å². The van der Waals surface area contributed by atoms with Crippen molar-refractivity contribution in [2.45, 2.75) is 34.1 Å². The van der Waals surface area contributed by atoms with E-state index in [0.29, 0.717) is 33.0 Å². The summed E-state index contributed by atoms with van der Waals surface area (Å²) in [4.78, 5) is 9.98. The second-order valence-electron chi connectivity index (χ2n) is 3.79. The summed E-state index contributed by atoms with van der Waals surface area (Å²) in [5.41, 5.74) is 0. The van der Waals surface area contributed by atoms with Gasteiger partial charge in [-0.05, 0) is 20.3 Å². The number of rotatable bonds is 11. The molecule has 0 radical (unpaired) electrons. The van der Waals surface area contributed by atoms with Crippen LogP contribution in [0.15, 0.2) is 0 Å². The van der Waals surface area contributed by atoms with E-state index in [2.05, 4.69) is 4.74 Å². The van der Waals surface area contributed by atoms with E-state index >= 15 is 0 Å². The Bertz CT molecular complexity index is 179. The molecule has 0 saturated heterocycles. The smallest absolute Gasteiger partial charge is 0.302 e. The maximum absolute atomic E-state index is 9.98. The van der Waals surface area contributed by atoms with Crippen molar-refractivity contribution in [3.63, 3.8) is 0 Å². The molecule has 0 aromatic rings. The number of hydrogen-bond donors (Lipinski definition) is 2. The van der Waals surface area contributed by atoms with Gasteiger partial charge in [0, 0.05) is 20.1 Å². The fourth-order valence-electron chi connectivity index (χ4n) is 0.901. The summed E-state index contributed by atoms with van der Waals surface area (Å²) in [5.74, 6) is -0.193. The minimum Gasteiger partial charge on any atom is -0.466 e. The molecule has 0 bridgehead atoms. The Morgan fingerprint density at radius 2 is 1.23 bits per heavy atom. The molecule has 0 aliphatic rings. The first-order chi connectivity index (χ1) is 10.6. The van der Waals surface area contributed by atoms with Crippen LogP contribution in [0.2, 0.25) is 0 Å². The van der Waals surface area contributed by atoms with Crippen LogP contribution >= 0.6 is 0 Å². The summed E-state index contributed by atoms with van der Waals surface area (Å²) in [6.07, 6.45) is 0.902. The normalized spacial score (nSPS) is 9.18. The van der Waals surface area contributed by atoms with Crippen LogP contribution in [-0.2, 0) is 23.7 Å². The molecule has 136 valence electrons. The highest BCUT2D eigenvalue weighted by Gasteiger charge is 1.87. The molecule has 0 aliphatic carbocycles. The third-order valence-corrected chi connectivity index (χ3v) is 1.76. The molecule has 22 heavy (non-hydrogen) atoms. The van der Waals surface area contributed by atoms with Crippen LogP contribution in [0.25, 0.3) is 0 Å². The maximum Gasteiger partial charge on any atom is 0.302 e. The third-order valence-electron chi connectivity index (χ3n) is 1.76. The summed E-state index contributed by atoms with van der Waals surface area (Å²) in [6, 6.07) is 0. The van der Waals surface area contributed by atoms with Gasteiger partial charge in [0.2, 0.25) is 0 Å². The van der Waals surface area contributed by atoms with Crippen LogP contribution in [0.1, 0.15) is 34.1 Å². The summed E-state index contributed by atoms with van der Waals surface area (Å²) in [6.45, 7) is 11.3. The van der Waals surface area contributed by atoms with Crippen molar-refractivity contribution in [3.05, 3.63) is 0 Å². The molecule has 0 aromatic carbocycles. The first kappa shape index (κ1) is 26.2. The van der Waals surface area contributed by atoms with Crippen molar-refractivity contribution < 1.29 is 34.0 Å². The van der Waals surface area contributed by atoms with E-state index < -0.39 is 0 Å². The first-order valence-corrected chi connectivity index (χ1v) is 7.68. The predicted octanol–water partition coefficient (Wildman–Crippen LogP) is 1.01. The second-order valence-corrected chi connectivity index (χ2v) is 3.79. The fourth-order valence-corrected chi connectivity index (χ4v) is 0.901. The quantitative estimate of drug-likeness (QED) is 0.432. The van der Waals surface area contributed by atoms with Crippen molar-refractivity contribution in [3.8, 4) is 0 Å². The van der Waals surface area contributed by atoms with Gasteiger partial charge in [-0.2, -0.15) is 0 Å². The second kappa shape index (κ2) is 28.4. The number of aliphatic hydroxyl groups is 2. The lowest BCUT2D eigenvalue weighted by Crippen LogP contribution is -2.09. The van der Waals surface area contributed by atoms with Gasteiger partial charge in [0.1, 0.15) is 0 Å². The van der Waals surface area contributed by atoms with Crippen molar-refractivity contribution in [2.75, 3.05) is 59.5 Å². The van der Waals surface area contributed by atoms with E-state index in [4.69, 9.17) is 24.4 Å². The number of esters is 1. The molecule has 0 aromatic heterocycles. The Balaban J connectivity index is -0.000000263. The van der Waals surface area contributed by atoms with E-state index in [1.165, 1.54) is 6.92 Å². The van der Waals surface area contributed by atoms with Gasteiger partial charge in [-0.1, -0.05) is 6.92 Å². The first-order valence-electron chi connectivity index (χ1n) is 7.68. The van der Waals surface area contributed by atoms with Gasteiger partial charge in [-0.3, -0.25) is 4.79 Å². The number of carbonyl (C=O) groups is 1. The van der Waals surface area contributed by atoms with E-state index in [0.717, 1.165) is 19.6 Å². The minimum atomic E-state index is -0.193. The van der Waals surface area contributed by atoms with Gasteiger partial charge in [0.05, 0.1) is 46.2 Å². The van der Waals surface area contributed by atoms with E-state index in [-0.39, 0.29) is 19.2 Å². The van der Waals surface area contributed by atoms with Crippen LogP contribution in [-0.4, -0.2) is 75.6 Å². The molecule has 0 unspecified atom stereocenters. The van der Waals surface area contributed by atoms with Crippen LogP contribution in [0.4, 0.5) is 0 Å². The van der Waals surface area contributed by atoms with Gasteiger partial charge >= 0.3 is 5.97 Å². The maximum atomic E-state index is 9.98. The topological polar surface area (TPSA) is 94.5 Å². The zero-order valence-corrected chi connectivity index (χ0v) is 14.5. The standard InChI is InChI=1S/C6H14O4.C5H10O2.C4H10O/c7-1-3-9-5-6-10-4-2-8;1-3-4-7-5(2)6;1-3-5-4-2/h7-8H,1-6H2;3-4H2,1-2H3;3-4H2,1-2H3. The highest BCUT2D eigenvalue weighted by molar-refractivity contribution is 5.65.